The highest BCUT2D eigenvalue weighted by Gasteiger charge is 2.31. The zero-order valence-electron chi connectivity index (χ0n) is 36.8. The molecule has 0 aromatic carbocycles. The molecule has 56 heavy (non-hydrogen) atoms. The van der Waals surface area contributed by atoms with E-state index in [2.05, 4.69) is 38.2 Å². The van der Waals surface area contributed by atoms with E-state index >= 15 is 0 Å². The maximum absolute atomic E-state index is 12.7. The van der Waals surface area contributed by atoms with E-state index in [0.29, 0.717) is 19.3 Å². The van der Waals surface area contributed by atoms with Gasteiger partial charge in [0.1, 0.15) is 6.61 Å². The zero-order valence-corrected chi connectivity index (χ0v) is 36.8. The van der Waals surface area contributed by atoms with Gasteiger partial charge in [-0.25, -0.2) is 4.79 Å². The lowest BCUT2D eigenvalue weighted by molar-refractivity contribution is -0.887. The molecule has 0 heterocycles. The lowest BCUT2D eigenvalue weighted by Gasteiger charge is -2.31. The number of hydrogen-bond donors (Lipinski definition) is 1. The third kappa shape index (κ3) is 36.9. The van der Waals surface area contributed by atoms with Crippen LogP contribution < -0.4 is 0 Å². The fourth-order valence-electron chi connectivity index (χ4n) is 6.57. The van der Waals surface area contributed by atoms with Gasteiger partial charge in [-0.2, -0.15) is 0 Å². The summed E-state index contributed by atoms with van der Waals surface area (Å²) in [5, 5.41) is 9.62. The fraction of sp³-hybridized carbons (Fsp3) is 0.771. The van der Waals surface area contributed by atoms with E-state index in [-0.39, 0.29) is 36.2 Å². The zero-order chi connectivity index (χ0) is 41.4. The van der Waals surface area contributed by atoms with E-state index in [9.17, 15) is 19.5 Å². The fourth-order valence-corrected chi connectivity index (χ4v) is 6.57. The summed E-state index contributed by atoms with van der Waals surface area (Å²) in [4.78, 5) is 37.0. The minimum absolute atomic E-state index is 0.0544. The molecule has 0 aliphatic carbocycles. The highest BCUT2D eigenvalue weighted by atomic mass is 16.6. The Kier molecular flexibility index (Phi) is 37.2. The van der Waals surface area contributed by atoms with Crippen molar-refractivity contribution in [2.45, 2.75) is 199 Å². The van der Waals surface area contributed by atoms with Crippen molar-refractivity contribution in [2.24, 2.45) is 0 Å². The molecule has 8 heteroatoms. The van der Waals surface area contributed by atoms with Gasteiger partial charge in [-0.1, -0.05) is 184 Å². The Morgan fingerprint density at radius 3 is 1.48 bits per heavy atom. The predicted molar refractivity (Wildman–Crippen MR) is 234 cm³/mol. The van der Waals surface area contributed by atoms with Gasteiger partial charge in [0.2, 0.25) is 0 Å². The molecule has 0 aromatic heterocycles. The molecule has 0 saturated heterocycles. The summed E-state index contributed by atoms with van der Waals surface area (Å²) < 4.78 is 17.3. The number of likely N-dealkylation sites (N-methyl/N-ethyl adjacent to an activating group) is 1. The molecular weight excluding hydrogens is 703 g/mol. The summed E-state index contributed by atoms with van der Waals surface area (Å²) in [5.74, 6) is -1.49. The van der Waals surface area contributed by atoms with Crippen molar-refractivity contribution in [1.82, 2.24) is 0 Å². The smallest absolute Gasteiger partial charge is 0.362 e. The Balaban J connectivity index is 4.34. The third-order valence-electron chi connectivity index (χ3n) is 10.1. The number of carboxylic acid groups (broad SMARTS) is 1. The van der Waals surface area contributed by atoms with E-state index in [1.165, 1.54) is 89.9 Å². The van der Waals surface area contributed by atoms with E-state index < -0.39 is 18.1 Å². The molecular formula is C48H86NO7+. The molecule has 0 aliphatic rings. The number of carbonyl (C=O) groups excluding carboxylic acids is 2. The predicted octanol–water partition coefficient (Wildman–Crippen LogP) is 12.4. The molecule has 0 aliphatic heterocycles. The van der Waals surface area contributed by atoms with Gasteiger partial charge >= 0.3 is 17.9 Å². The van der Waals surface area contributed by atoms with Gasteiger partial charge in [0.25, 0.3) is 0 Å². The van der Waals surface area contributed by atoms with Crippen molar-refractivity contribution in [3.63, 3.8) is 0 Å². The monoisotopic (exact) mass is 789 g/mol. The van der Waals surface area contributed by atoms with Gasteiger partial charge < -0.3 is 23.8 Å². The first-order valence-electron chi connectivity index (χ1n) is 22.7. The minimum atomic E-state index is -0.879. The molecule has 2 atom stereocenters. The van der Waals surface area contributed by atoms with Crippen molar-refractivity contribution < 1.29 is 38.2 Å². The quantitative estimate of drug-likeness (QED) is 0.0286. The first kappa shape index (κ1) is 53.3. The SMILES string of the molecule is CC/C=C/C=C/C=C/C=C/CCCCCCCC(=O)OCC(COCCC(C(=O)O)[N+](C)(C)C)OC(=O)CCCCCCCCCCCCCCCCCCC. The maximum atomic E-state index is 12.7. The second-order valence-electron chi connectivity index (χ2n) is 16.4. The van der Waals surface area contributed by atoms with Crippen LogP contribution in [0.4, 0.5) is 0 Å². The molecule has 8 nitrogen and oxygen atoms in total. The van der Waals surface area contributed by atoms with Gasteiger partial charge in [-0.15, -0.1) is 0 Å². The Morgan fingerprint density at radius 1 is 0.554 bits per heavy atom. The molecule has 0 bridgehead atoms. The lowest BCUT2D eigenvalue weighted by atomic mass is 10.0. The number of nitrogens with zero attached hydrogens (tertiary/aromatic N) is 1. The first-order valence-corrected chi connectivity index (χ1v) is 22.7. The Labute approximate surface area is 344 Å². The van der Waals surface area contributed by atoms with Crippen LogP contribution in [0, 0.1) is 0 Å². The van der Waals surface area contributed by atoms with Gasteiger partial charge in [0.15, 0.2) is 12.1 Å². The average Bonchev–Trinajstić information content (AvgIpc) is 3.15. The van der Waals surface area contributed by atoms with Crippen molar-refractivity contribution >= 4 is 17.9 Å². The van der Waals surface area contributed by atoms with E-state index in [0.717, 1.165) is 64.2 Å². The maximum Gasteiger partial charge on any atom is 0.362 e. The molecule has 0 rings (SSSR count). The second-order valence-corrected chi connectivity index (χ2v) is 16.4. The van der Waals surface area contributed by atoms with Crippen LogP contribution >= 0.6 is 0 Å². The van der Waals surface area contributed by atoms with Crippen LogP contribution in [0.1, 0.15) is 187 Å². The summed E-state index contributed by atoms with van der Waals surface area (Å²) in [6.45, 7) is 4.58. The highest BCUT2D eigenvalue weighted by Crippen LogP contribution is 2.15. The molecule has 0 fully saturated rings. The number of quaternary nitrogens is 1. The lowest BCUT2D eigenvalue weighted by Crippen LogP contribution is -2.50. The van der Waals surface area contributed by atoms with Crippen molar-refractivity contribution in [3.05, 3.63) is 48.6 Å². The van der Waals surface area contributed by atoms with Gasteiger partial charge in [-0.05, 0) is 32.1 Å². The summed E-state index contributed by atoms with van der Waals surface area (Å²) in [7, 11) is 5.52. The number of carbonyl (C=O) groups is 3. The number of aliphatic carboxylic acids is 1. The van der Waals surface area contributed by atoms with E-state index in [1.54, 1.807) is 0 Å². The average molecular weight is 789 g/mol. The van der Waals surface area contributed by atoms with Crippen LogP contribution in [-0.4, -0.2) is 80.6 Å². The summed E-state index contributed by atoms with van der Waals surface area (Å²) in [6, 6.07) is -0.618. The van der Waals surface area contributed by atoms with Crippen LogP contribution in [0.15, 0.2) is 48.6 Å². The van der Waals surface area contributed by atoms with Crippen LogP contribution in [-0.2, 0) is 28.6 Å². The largest absolute Gasteiger partial charge is 0.477 e. The molecule has 0 aromatic rings. The third-order valence-corrected chi connectivity index (χ3v) is 10.1. The number of ether oxygens (including phenoxy) is 3. The minimum Gasteiger partial charge on any atom is -0.477 e. The number of carboxylic acids is 1. The number of esters is 2. The molecule has 2 unspecified atom stereocenters. The normalized spacial score (nSPS) is 13.4. The van der Waals surface area contributed by atoms with Crippen LogP contribution in [0.2, 0.25) is 0 Å². The topological polar surface area (TPSA) is 99.1 Å². The Bertz CT molecular complexity index is 1060. The summed E-state index contributed by atoms with van der Waals surface area (Å²) >= 11 is 0. The van der Waals surface area contributed by atoms with Gasteiger partial charge in [-0.3, -0.25) is 9.59 Å². The number of rotatable bonds is 40. The summed E-state index contributed by atoms with van der Waals surface area (Å²) in [6.07, 6.45) is 45.8. The Morgan fingerprint density at radius 2 is 1.00 bits per heavy atom. The van der Waals surface area contributed by atoms with Crippen LogP contribution in [0.3, 0.4) is 0 Å². The van der Waals surface area contributed by atoms with Gasteiger partial charge in [0.05, 0.1) is 34.4 Å². The highest BCUT2D eigenvalue weighted by molar-refractivity contribution is 5.72. The van der Waals surface area contributed by atoms with E-state index in [4.69, 9.17) is 14.2 Å². The number of allylic oxidation sites excluding steroid dienone is 8. The number of unbranched alkanes of at least 4 members (excludes halogenated alkanes) is 21. The standard InChI is InChI=1S/C48H85NO7/c1-6-8-10-12-14-16-18-20-22-23-25-27-29-31-33-35-37-39-47(51)56-44(42-54-41-40-45(48(52)53)49(3,4)5)43-55-46(50)38-36-34-32-30-28-26-24-21-19-17-15-13-11-9-7-2/h9,11,13,15,17,19,21,24,44-45H,6-8,10,12,14,16,18,20,22-23,25-43H2,1-5H3/p+1/b11-9+,15-13+,19-17+,24-21+. The van der Waals surface area contributed by atoms with Crippen molar-refractivity contribution in [1.29, 1.82) is 0 Å². The Hall–Kier alpha value is -2.71. The van der Waals surface area contributed by atoms with Crippen molar-refractivity contribution in [3.8, 4) is 0 Å². The molecule has 0 radical (unpaired) electrons. The summed E-state index contributed by atoms with van der Waals surface area (Å²) in [5.41, 5.74) is 0. The van der Waals surface area contributed by atoms with Crippen LogP contribution in [0.5, 0.6) is 0 Å². The molecule has 0 spiro atoms. The van der Waals surface area contributed by atoms with Crippen molar-refractivity contribution in [2.75, 3.05) is 41.0 Å². The van der Waals surface area contributed by atoms with Gasteiger partial charge in [0, 0.05) is 19.3 Å². The molecule has 0 amide bonds. The molecule has 324 valence electrons. The number of hydrogen-bond acceptors (Lipinski definition) is 6. The second kappa shape index (κ2) is 39.1. The van der Waals surface area contributed by atoms with Crippen LogP contribution in [0.25, 0.3) is 0 Å². The molecule has 1 N–H and O–H groups in total. The molecule has 0 saturated carbocycles. The van der Waals surface area contributed by atoms with E-state index in [1.807, 2.05) is 45.4 Å². The first-order chi connectivity index (χ1) is 27.1.